The lowest BCUT2D eigenvalue weighted by molar-refractivity contribution is 0.145. The molecule has 206 valence electrons. The van der Waals surface area contributed by atoms with E-state index in [1.807, 2.05) is 45.0 Å². The summed E-state index contributed by atoms with van der Waals surface area (Å²) in [7, 11) is -1.36. The number of hydrogen-bond donors (Lipinski definition) is 4. The molecule has 0 radical (unpaired) electrons. The first-order valence-corrected chi connectivity index (χ1v) is 13.4. The molecule has 4 aromatic rings. The summed E-state index contributed by atoms with van der Waals surface area (Å²) in [5.74, 6) is 0.744. The van der Waals surface area contributed by atoms with Crippen molar-refractivity contribution in [3.05, 3.63) is 65.9 Å². The van der Waals surface area contributed by atoms with Crippen LogP contribution in [0.15, 0.2) is 54.6 Å². The average Bonchev–Trinajstić information content (AvgIpc) is 3.46. The van der Waals surface area contributed by atoms with Gasteiger partial charge in [-0.2, -0.15) is 17.8 Å². The lowest BCUT2D eigenvalue weighted by Gasteiger charge is -2.14. The first-order chi connectivity index (χ1) is 18.3. The number of aromatic nitrogens is 4. The number of nitrogens with zero attached hydrogens (tertiary/aromatic N) is 4. The number of nitrogens with one attached hydrogen (secondary N) is 4. The minimum Gasteiger partial charge on any atom is -0.444 e. The highest BCUT2D eigenvalue weighted by Crippen LogP contribution is 2.27. The van der Waals surface area contributed by atoms with Crippen molar-refractivity contribution in [1.82, 2.24) is 28.8 Å². The molecule has 0 fully saturated rings. The molecule has 13 nitrogen and oxygen atoms in total. The number of imidazole rings is 1. The van der Waals surface area contributed by atoms with E-state index in [4.69, 9.17) is 9.84 Å². The fourth-order valence-corrected chi connectivity index (χ4v) is 3.86. The number of rotatable bonds is 7. The van der Waals surface area contributed by atoms with Gasteiger partial charge in [0.15, 0.2) is 0 Å². The number of ether oxygens (including phenoxy) is 1. The van der Waals surface area contributed by atoms with Gasteiger partial charge in [0, 0.05) is 25.6 Å². The molecule has 0 saturated heterocycles. The molecule has 2 aromatic heterocycles. The molecule has 2 aromatic carbocycles. The number of fused-ring (bicyclic) bond motifs is 1. The summed E-state index contributed by atoms with van der Waals surface area (Å²) in [4.78, 5) is 32.1. The van der Waals surface area contributed by atoms with Crippen LogP contribution in [0.2, 0.25) is 0 Å². The van der Waals surface area contributed by atoms with Crippen LogP contribution in [-0.4, -0.2) is 58.7 Å². The first kappa shape index (κ1) is 27.6. The highest BCUT2D eigenvalue weighted by molar-refractivity contribution is 7.87. The van der Waals surface area contributed by atoms with E-state index in [1.54, 1.807) is 39.7 Å². The predicted octanol–water partition coefficient (Wildman–Crippen LogP) is 3.72. The normalized spacial score (nSPS) is 11.9. The smallest absolute Gasteiger partial charge is 0.422 e. The van der Waals surface area contributed by atoms with Gasteiger partial charge in [0.2, 0.25) is 5.95 Å². The highest BCUT2D eigenvalue weighted by Gasteiger charge is 2.22. The minimum absolute atomic E-state index is 0.146. The van der Waals surface area contributed by atoms with Crippen LogP contribution in [0.25, 0.3) is 16.7 Å². The van der Waals surface area contributed by atoms with Crippen LogP contribution in [0.5, 0.6) is 0 Å². The van der Waals surface area contributed by atoms with Crippen LogP contribution in [0.1, 0.15) is 32.0 Å². The SMILES string of the molecule is CN(C)S(=O)(=O)NC(=O)OCc1ccc(-n2nc(C(C)(C)C)cc2NC(=O)Nc2nc3ccccc3[nH]2)cc1. The van der Waals surface area contributed by atoms with Crippen molar-refractivity contribution in [2.75, 3.05) is 24.7 Å². The second-order valence-electron chi connectivity index (χ2n) is 9.89. The van der Waals surface area contributed by atoms with E-state index >= 15 is 0 Å². The number of anilines is 2. The van der Waals surface area contributed by atoms with E-state index in [-0.39, 0.29) is 12.0 Å². The van der Waals surface area contributed by atoms with Gasteiger partial charge in [0.05, 0.1) is 22.4 Å². The number of aromatic amines is 1. The van der Waals surface area contributed by atoms with Gasteiger partial charge in [0.1, 0.15) is 12.4 Å². The van der Waals surface area contributed by atoms with Gasteiger partial charge in [-0.05, 0) is 29.8 Å². The number of para-hydroxylation sites is 2. The number of amides is 3. The third-order valence-corrected chi connectivity index (χ3v) is 6.97. The van der Waals surface area contributed by atoms with E-state index < -0.39 is 22.3 Å². The summed E-state index contributed by atoms with van der Waals surface area (Å²) in [6, 6.07) is 15.6. The molecule has 14 heteroatoms. The quantitative estimate of drug-likeness (QED) is 0.270. The molecule has 0 aliphatic carbocycles. The molecule has 39 heavy (non-hydrogen) atoms. The fourth-order valence-electron chi connectivity index (χ4n) is 3.41. The van der Waals surface area contributed by atoms with Gasteiger partial charge < -0.3 is 9.72 Å². The number of carbonyl (C=O) groups is 2. The Morgan fingerprint density at radius 3 is 2.38 bits per heavy atom. The van der Waals surface area contributed by atoms with Crippen molar-refractivity contribution in [1.29, 1.82) is 0 Å². The van der Waals surface area contributed by atoms with Crippen LogP contribution in [0.3, 0.4) is 0 Å². The van der Waals surface area contributed by atoms with Gasteiger partial charge in [0.25, 0.3) is 0 Å². The second kappa shape index (κ2) is 10.7. The maximum absolute atomic E-state index is 12.8. The number of H-pyrrole nitrogens is 1. The molecule has 4 rings (SSSR count). The molecule has 0 unspecified atom stereocenters. The Morgan fingerprint density at radius 2 is 1.74 bits per heavy atom. The monoisotopic (exact) mass is 554 g/mol. The summed E-state index contributed by atoms with van der Waals surface area (Å²) >= 11 is 0. The van der Waals surface area contributed by atoms with Gasteiger partial charge in [-0.3, -0.25) is 10.6 Å². The van der Waals surface area contributed by atoms with E-state index in [0.717, 1.165) is 21.0 Å². The van der Waals surface area contributed by atoms with Crippen LogP contribution in [0, 0.1) is 0 Å². The number of hydrogen-bond acceptors (Lipinski definition) is 7. The fraction of sp³-hybridized carbons (Fsp3) is 0.280. The summed E-state index contributed by atoms with van der Waals surface area (Å²) in [6.07, 6.45) is -1.09. The lowest BCUT2D eigenvalue weighted by atomic mass is 9.92. The molecule has 0 bridgehead atoms. The number of urea groups is 1. The number of carbonyl (C=O) groups excluding carboxylic acids is 2. The van der Waals surface area contributed by atoms with Gasteiger partial charge in [-0.1, -0.05) is 45.0 Å². The third-order valence-electron chi connectivity index (χ3n) is 5.58. The summed E-state index contributed by atoms with van der Waals surface area (Å²) in [5.41, 5.74) is 3.27. The average molecular weight is 555 g/mol. The molecule has 2 heterocycles. The maximum Gasteiger partial charge on any atom is 0.422 e. The van der Waals surface area contributed by atoms with Crippen LogP contribution in [0.4, 0.5) is 21.4 Å². The zero-order valence-electron chi connectivity index (χ0n) is 22.1. The number of benzene rings is 2. The molecule has 0 spiro atoms. The van der Waals surface area contributed by atoms with Crippen molar-refractivity contribution in [2.45, 2.75) is 32.8 Å². The van der Waals surface area contributed by atoms with Crippen LogP contribution < -0.4 is 15.4 Å². The molecule has 0 aliphatic rings. The van der Waals surface area contributed by atoms with Crippen molar-refractivity contribution in [3.8, 4) is 5.69 Å². The molecule has 4 N–H and O–H groups in total. The highest BCUT2D eigenvalue weighted by atomic mass is 32.2. The van der Waals surface area contributed by atoms with Gasteiger partial charge >= 0.3 is 22.3 Å². The summed E-state index contributed by atoms with van der Waals surface area (Å²) in [5, 5.41) is 10.2. The molecular weight excluding hydrogens is 524 g/mol. The Labute approximate surface area is 225 Å². The van der Waals surface area contributed by atoms with Crippen molar-refractivity contribution in [2.24, 2.45) is 0 Å². The van der Waals surface area contributed by atoms with Gasteiger partial charge in [-0.25, -0.2) is 24.0 Å². The first-order valence-electron chi connectivity index (χ1n) is 11.9. The summed E-state index contributed by atoms with van der Waals surface area (Å²) in [6.45, 7) is 5.90. The Hall–Kier alpha value is -4.43. The van der Waals surface area contributed by atoms with Crippen molar-refractivity contribution >= 4 is 45.1 Å². The maximum atomic E-state index is 12.8. The van der Waals surface area contributed by atoms with Crippen molar-refractivity contribution in [3.63, 3.8) is 0 Å². The molecule has 0 atom stereocenters. The zero-order valence-corrected chi connectivity index (χ0v) is 23.0. The molecule has 3 amide bonds. The Kier molecular flexibility index (Phi) is 7.60. The van der Waals surface area contributed by atoms with E-state index in [2.05, 4.69) is 20.6 Å². The van der Waals surface area contributed by atoms with Crippen LogP contribution >= 0.6 is 0 Å². The zero-order chi connectivity index (χ0) is 28.4. The van der Waals surface area contributed by atoms with E-state index in [1.165, 1.54) is 14.1 Å². The minimum atomic E-state index is -3.94. The largest absolute Gasteiger partial charge is 0.444 e. The van der Waals surface area contributed by atoms with E-state index in [0.29, 0.717) is 23.0 Å². The Bertz CT molecular complexity index is 1570. The Morgan fingerprint density at radius 1 is 1.05 bits per heavy atom. The van der Waals surface area contributed by atoms with Gasteiger partial charge in [-0.15, -0.1) is 0 Å². The topological polar surface area (TPSA) is 163 Å². The summed E-state index contributed by atoms with van der Waals surface area (Å²) < 4.78 is 32.8. The standard InChI is InChI=1S/C25H30N8O5S/c1-25(2,3)20-14-21(28-23(34)29-22-26-18-8-6-7-9-19(18)27-22)33(30-20)17-12-10-16(11-13-17)15-38-24(35)31-39(36,37)32(4)5/h6-14H,15H2,1-5H3,(H,31,35)(H3,26,27,28,29,34). The predicted molar refractivity (Wildman–Crippen MR) is 147 cm³/mol. The van der Waals surface area contributed by atoms with E-state index in [9.17, 15) is 18.0 Å². The molecule has 0 saturated carbocycles. The van der Waals surface area contributed by atoms with Crippen molar-refractivity contribution < 1.29 is 22.7 Å². The third kappa shape index (κ3) is 6.72. The second-order valence-corrected chi connectivity index (χ2v) is 11.8. The molecular formula is C25H30N8O5S. The Balaban J connectivity index is 1.48. The lowest BCUT2D eigenvalue weighted by Crippen LogP contribution is -2.39. The van der Waals surface area contributed by atoms with Crippen LogP contribution in [-0.2, 0) is 27.0 Å². The molecule has 0 aliphatic heterocycles.